The molecular formula is C15H16BrClN2O2. The van der Waals surface area contributed by atoms with Crippen molar-refractivity contribution in [2.45, 2.75) is 13.5 Å². The predicted molar refractivity (Wildman–Crippen MR) is 88.6 cm³/mol. The zero-order valence-electron chi connectivity index (χ0n) is 12.0. The second kappa shape index (κ2) is 7.00. The summed E-state index contributed by atoms with van der Waals surface area (Å²) in [5, 5.41) is 3.84. The van der Waals surface area contributed by atoms with E-state index in [9.17, 15) is 0 Å². The van der Waals surface area contributed by atoms with Crippen molar-refractivity contribution < 1.29 is 9.47 Å². The van der Waals surface area contributed by atoms with Crippen LogP contribution in [0.3, 0.4) is 0 Å². The van der Waals surface area contributed by atoms with E-state index in [2.05, 4.69) is 26.2 Å². The summed E-state index contributed by atoms with van der Waals surface area (Å²) < 4.78 is 11.4. The zero-order chi connectivity index (χ0) is 15.4. The van der Waals surface area contributed by atoms with Gasteiger partial charge in [-0.05, 0) is 46.1 Å². The van der Waals surface area contributed by atoms with Crippen molar-refractivity contribution in [2.75, 3.05) is 19.5 Å². The van der Waals surface area contributed by atoms with Gasteiger partial charge in [-0.3, -0.25) is 0 Å². The van der Waals surface area contributed by atoms with Gasteiger partial charge in [-0.25, -0.2) is 4.98 Å². The molecule has 2 aromatic rings. The van der Waals surface area contributed by atoms with Crippen molar-refractivity contribution in [3.8, 4) is 11.5 Å². The Morgan fingerprint density at radius 1 is 1.29 bits per heavy atom. The van der Waals surface area contributed by atoms with Crippen LogP contribution in [-0.4, -0.2) is 19.2 Å². The van der Waals surface area contributed by atoms with Gasteiger partial charge in [-0.2, -0.15) is 0 Å². The number of aryl methyl sites for hydroxylation is 1. The minimum atomic E-state index is 0.545. The highest BCUT2D eigenvalue weighted by Crippen LogP contribution is 2.37. The number of nitrogens with zero attached hydrogens (tertiary/aromatic N) is 1. The summed E-state index contributed by atoms with van der Waals surface area (Å²) >= 11 is 9.73. The Balaban J connectivity index is 2.18. The molecule has 0 aliphatic rings. The summed E-state index contributed by atoms with van der Waals surface area (Å²) in [7, 11) is 3.16. The summed E-state index contributed by atoms with van der Waals surface area (Å²) in [6, 6.07) is 5.77. The number of ether oxygens (including phenoxy) is 2. The quantitative estimate of drug-likeness (QED) is 0.789. The van der Waals surface area contributed by atoms with Gasteiger partial charge in [-0.1, -0.05) is 17.7 Å². The van der Waals surface area contributed by atoms with Crippen molar-refractivity contribution >= 4 is 33.2 Å². The smallest absolute Gasteiger partial charge is 0.179 e. The Labute approximate surface area is 137 Å². The lowest BCUT2D eigenvalue weighted by Gasteiger charge is -2.14. The molecule has 0 aliphatic heterocycles. The molecule has 0 aliphatic carbocycles. The fraction of sp³-hybridized carbons (Fsp3) is 0.267. The number of methoxy groups -OCH3 is 2. The molecule has 1 aromatic heterocycles. The van der Waals surface area contributed by atoms with Crippen LogP contribution in [0, 0.1) is 6.92 Å². The molecule has 0 saturated heterocycles. The van der Waals surface area contributed by atoms with Gasteiger partial charge in [0.15, 0.2) is 11.5 Å². The number of halogens is 2. The van der Waals surface area contributed by atoms with E-state index in [1.807, 2.05) is 25.1 Å². The van der Waals surface area contributed by atoms with Crippen LogP contribution in [0.4, 0.5) is 5.69 Å². The number of aromatic nitrogens is 1. The third-order valence-corrected chi connectivity index (χ3v) is 4.31. The second-order valence-corrected chi connectivity index (χ2v) is 5.59. The third-order valence-electron chi connectivity index (χ3n) is 3.06. The van der Waals surface area contributed by atoms with Gasteiger partial charge in [0.25, 0.3) is 0 Å². The van der Waals surface area contributed by atoms with E-state index in [0.29, 0.717) is 23.1 Å². The maximum atomic E-state index is 6.35. The van der Waals surface area contributed by atoms with Crippen molar-refractivity contribution in [3.05, 3.63) is 45.1 Å². The standard InChI is InChI=1S/C15H16BrClN2O2/c1-9-6-11(8-19-15(9)16)18-7-10-4-5-12(20-2)14(21-3)13(10)17/h4-6,8,18H,7H2,1-3H3. The summed E-state index contributed by atoms with van der Waals surface area (Å²) in [4.78, 5) is 4.25. The molecule has 0 radical (unpaired) electrons. The monoisotopic (exact) mass is 370 g/mol. The highest BCUT2D eigenvalue weighted by atomic mass is 79.9. The van der Waals surface area contributed by atoms with Gasteiger partial charge in [0, 0.05) is 6.54 Å². The highest BCUT2D eigenvalue weighted by molar-refractivity contribution is 9.10. The maximum Gasteiger partial charge on any atom is 0.179 e. The van der Waals surface area contributed by atoms with E-state index in [1.165, 1.54) is 0 Å². The molecule has 21 heavy (non-hydrogen) atoms. The molecule has 0 fully saturated rings. The number of rotatable bonds is 5. The largest absolute Gasteiger partial charge is 0.493 e. The fourth-order valence-electron chi connectivity index (χ4n) is 1.92. The minimum absolute atomic E-state index is 0.545. The number of nitrogens with one attached hydrogen (secondary N) is 1. The van der Waals surface area contributed by atoms with Crippen molar-refractivity contribution in [3.63, 3.8) is 0 Å². The Bertz CT molecular complexity index is 650. The molecule has 0 spiro atoms. The molecule has 1 heterocycles. The maximum absolute atomic E-state index is 6.35. The van der Waals surface area contributed by atoms with E-state index in [0.717, 1.165) is 21.4 Å². The molecule has 112 valence electrons. The van der Waals surface area contributed by atoms with Crippen LogP contribution in [-0.2, 0) is 6.54 Å². The molecule has 0 saturated carbocycles. The Hall–Kier alpha value is -1.46. The van der Waals surface area contributed by atoms with E-state index in [1.54, 1.807) is 20.4 Å². The van der Waals surface area contributed by atoms with Crippen molar-refractivity contribution in [2.24, 2.45) is 0 Å². The molecular weight excluding hydrogens is 356 g/mol. The van der Waals surface area contributed by atoms with Crippen LogP contribution in [0.5, 0.6) is 11.5 Å². The average molecular weight is 372 g/mol. The lowest BCUT2D eigenvalue weighted by Crippen LogP contribution is -2.02. The van der Waals surface area contributed by atoms with Gasteiger partial charge in [0.2, 0.25) is 0 Å². The van der Waals surface area contributed by atoms with Crippen LogP contribution in [0.15, 0.2) is 29.0 Å². The average Bonchev–Trinajstić information content (AvgIpc) is 2.49. The lowest BCUT2D eigenvalue weighted by molar-refractivity contribution is 0.355. The van der Waals surface area contributed by atoms with Crippen LogP contribution >= 0.6 is 27.5 Å². The molecule has 0 bridgehead atoms. The number of hydrogen-bond acceptors (Lipinski definition) is 4. The molecule has 6 heteroatoms. The first-order chi connectivity index (χ1) is 10.1. The third kappa shape index (κ3) is 3.60. The van der Waals surface area contributed by atoms with E-state index in [4.69, 9.17) is 21.1 Å². The number of benzene rings is 1. The highest BCUT2D eigenvalue weighted by Gasteiger charge is 2.12. The fourth-order valence-corrected chi connectivity index (χ4v) is 2.44. The van der Waals surface area contributed by atoms with Gasteiger partial charge in [-0.15, -0.1) is 0 Å². The minimum Gasteiger partial charge on any atom is -0.493 e. The SMILES string of the molecule is COc1ccc(CNc2cnc(Br)c(C)c2)c(Cl)c1OC. The van der Waals surface area contributed by atoms with E-state index >= 15 is 0 Å². The topological polar surface area (TPSA) is 43.4 Å². The summed E-state index contributed by atoms with van der Waals surface area (Å²) in [6.07, 6.45) is 1.77. The van der Waals surface area contributed by atoms with Crippen LogP contribution in [0.25, 0.3) is 0 Å². The predicted octanol–water partition coefficient (Wildman–Crippen LogP) is 4.44. The molecule has 0 amide bonds. The molecule has 0 atom stereocenters. The Morgan fingerprint density at radius 2 is 2.05 bits per heavy atom. The van der Waals surface area contributed by atoms with E-state index in [-0.39, 0.29) is 0 Å². The number of pyridine rings is 1. The normalized spacial score (nSPS) is 10.3. The van der Waals surface area contributed by atoms with Gasteiger partial charge in [0.1, 0.15) is 4.60 Å². The van der Waals surface area contributed by atoms with Gasteiger partial charge >= 0.3 is 0 Å². The Kier molecular flexibility index (Phi) is 5.31. The number of hydrogen-bond donors (Lipinski definition) is 1. The van der Waals surface area contributed by atoms with Gasteiger partial charge in [0.05, 0.1) is 31.1 Å². The zero-order valence-corrected chi connectivity index (χ0v) is 14.4. The molecule has 4 nitrogen and oxygen atoms in total. The second-order valence-electron chi connectivity index (χ2n) is 4.46. The molecule has 1 N–H and O–H groups in total. The van der Waals surface area contributed by atoms with Crippen LogP contribution < -0.4 is 14.8 Å². The first kappa shape index (κ1) is 15.9. The van der Waals surface area contributed by atoms with Crippen LogP contribution in [0.1, 0.15) is 11.1 Å². The molecule has 2 rings (SSSR count). The molecule has 0 unspecified atom stereocenters. The van der Waals surface area contributed by atoms with Crippen molar-refractivity contribution in [1.82, 2.24) is 4.98 Å². The lowest BCUT2D eigenvalue weighted by atomic mass is 10.2. The summed E-state index contributed by atoms with van der Waals surface area (Å²) in [6.45, 7) is 2.56. The van der Waals surface area contributed by atoms with Gasteiger partial charge < -0.3 is 14.8 Å². The van der Waals surface area contributed by atoms with E-state index < -0.39 is 0 Å². The summed E-state index contributed by atoms with van der Waals surface area (Å²) in [5.41, 5.74) is 2.93. The summed E-state index contributed by atoms with van der Waals surface area (Å²) in [5.74, 6) is 1.16. The first-order valence-electron chi connectivity index (χ1n) is 6.32. The first-order valence-corrected chi connectivity index (χ1v) is 7.49. The van der Waals surface area contributed by atoms with Crippen LogP contribution in [0.2, 0.25) is 5.02 Å². The molecule has 1 aromatic carbocycles. The number of anilines is 1. The Morgan fingerprint density at radius 3 is 2.67 bits per heavy atom. The van der Waals surface area contributed by atoms with Crippen molar-refractivity contribution in [1.29, 1.82) is 0 Å².